The van der Waals surface area contributed by atoms with Crippen molar-refractivity contribution in [3.05, 3.63) is 40.2 Å². The van der Waals surface area contributed by atoms with Gasteiger partial charge in [-0.3, -0.25) is 14.4 Å². The Bertz CT molecular complexity index is 798. The molecule has 2 rings (SSSR count). The molecule has 1 aromatic carbocycles. The van der Waals surface area contributed by atoms with Crippen LogP contribution in [0.15, 0.2) is 29.1 Å². The molecule has 128 valence electrons. The second-order valence-corrected chi connectivity index (χ2v) is 5.41. The summed E-state index contributed by atoms with van der Waals surface area (Å²) in [6.07, 6.45) is 0.649. The summed E-state index contributed by atoms with van der Waals surface area (Å²) in [5.74, 6) is 0.352. The maximum Gasteiger partial charge on any atom is 0.251 e. The van der Waals surface area contributed by atoms with Gasteiger partial charge in [-0.1, -0.05) is 0 Å². The van der Waals surface area contributed by atoms with E-state index in [1.807, 2.05) is 18.2 Å². The molecule has 24 heavy (non-hydrogen) atoms. The molecule has 2 aromatic rings. The minimum absolute atomic E-state index is 0.161. The van der Waals surface area contributed by atoms with Crippen LogP contribution in [0.25, 0.3) is 10.9 Å². The average molecular weight is 331 g/mol. The van der Waals surface area contributed by atoms with Gasteiger partial charge in [0.05, 0.1) is 12.6 Å². The summed E-state index contributed by atoms with van der Waals surface area (Å²) in [6.45, 7) is 2.07. The van der Waals surface area contributed by atoms with Crippen molar-refractivity contribution in [3.8, 4) is 5.75 Å². The summed E-state index contributed by atoms with van der Waals surface area (Å²) < 4.78 is 5.13. The van der Waals surface area contributed by atoms with E-state index in [2.05, 4.69) is 15.6 Å². The molecule has 0 radical (unpaired) electrons. The number of hydrogen-bond acceptors (Lipinski definition) is 4. The van der Waals surface area contributed by atoms with Gasteiger partial charge in [-0.15, -0.1) is 0 Å². The minimum Gasteiger partial charge on any atom is -0.497 e. The standard InChI is InChI=1S/C17H21N3O4/c1-11(21)18-8-6-16(22)19-7-5-13-9-12-3-4-14(24-2)10-15(12)20-17(13)23/h3-4,9-10H,5-8H2,1-2H3,(H,18,21)(H,19,22)(H,20,23). The summed E-state index contributed by atoms with van der Waals surface area (Å²) in [7, 11) is 1.57. The first-order valence-electron chi connectivity index (χ1n) is 7.70. The SMILES string of the molecule is COc1ccc2cc(CCNC(=O)CCNC(C)=O)c(=O)[nH]c2c1. The summed E-state index contributed by atoms with van der Waals surface area (Å²) in [5, 5.41) is 6.20. The van der Waals surface area contributed by atoms with E-state index in [-0.39, 0.29) is 23.8 Å². The smallest absolute Gasteiger partial charge is 0.251 e. The Hall–Kier alpha value is -2.83. The number of carbonyl (C=O) groups excluding carboxylic acids is 2. The van der Waals surface area contributed by atoms with E-state index in [0.29, 0.717) is 36.3 Å². The van der Waals surface area contributed by atoms with E-state index in [0.717, 1.165) is 5.39 Å². The summed E-state index contributed by atoms with van der Waals surface area (Å²) in [4.78, 5) is 37.3. The Kier molecular flexibility index (Phi) is 5.95. The highest BCUT2D eigenvalue weighted by molar-refractivity contribution is 5.80. The lowest BCUT2D eigenvalue weighted by Crippen LogP contribution is -2.31. The molecule has 2 amide bonds. The number of carbonyl (C=O) groups is 2. The lowest BCUT2D eigenvalue weighted by Gasteiger charge is -2.07. The highest BCUT2D eigenvalue weighted by Gasteiger charge is 2.06. The predicted molar refractivity (Wildman–Crippen MR) is 91.1 cm³/mol. The quantitative estimate of drug-likeness (QED) is 0.696. The maximum atomic E-state index is 12.1. The lowest BCUT2D eigenvalue weighted by atomic mass is 10.1. The second kappa shape index (κ2) is 8.14. The van der Waals surface area contributed by atoms with Crippen LogP contribution in [0.3, 0.4) is 0 Å². The summed E-state index contributed by atoms with van der Waals surface area (Å²) >= 11 is 0. The molecule has 7 nitrogen and oxygen atoms in total. The largest absolute Gasteiger partial charge is 0.497 e. The van der Waals surface area contributed by atoms with Gasteiger partial charge < -0.3 is 20.4 Å². The van der Waals surface area contributed by atoms with Gasteiger partial charge in [0.1, 0.15) is 5.75 Å². The van der Waals surface area contributed by atoms with Gasteiger partial charge in [-0.2, -0.15) is 0 Å². The van der Waals surface area contributed by atoms with Gasteiger partial charge in [0.2, 0.25) is 11.8 Å². The Morgan fingerprint density at radius 1 is 1.17 bits per heavy atom. The van der Waals surface area contributed by atoms with Crippen molar-refractivity contribution in [3.63, 3.8) is 0 Å². The van der Waals surface area contributed by atoms with Gasteiger partial charge in [-0.25, -0.2) is 0 Å². The number of aromatic amines is 1. The number of benzene rings is 1. The van der Waals surface area contributed by atoms with Gasteiger partial charge in [0, 0.05) is 38.1 Å². The Morgan fingerprint density at radius 2 is 1.96 bits per heavy atom. The number of ether oxygens (including phenoxy) is 1. The monoisotopic (exact) mass is 331 g/mol. The highest BCUT2D eigenvalue weighted by atomic mass is 16.5. The number of amides is 2. The van der Waals surface area contributed by atoms with Crippen LogP contribution >= 0.6 is 0 Å². The maximum absolute atomic E-state index is 12.1. The predicted octanol–water partition coefficient (Wildman–Crippen LogP) is 0.722. The van der Waals surface area contributed by atoms with Gasteiger partial charge in [0.15, 0.2) is 0 Å². The van der Waals surface area contributed by atoms with Crippen LogP contribution in [0.1, 0.15) is 18.9 Å². The van der Waals surface area contributed by atoms with E-state index >= 15 is 0 Å². The molecule has 0 bridgehead atoms. The average Bonchev–Trinajstić information content (AvgIpc) is 2.54. The van der Waals surface area contributed by atoms with Crippen molar-refractivity contribution < 1.29 is 14.3 Å². The molecule has 0 aliphatic carbocycles. The molecule has 0 spiro atoms. The fraction of sp³-hybridized carbons (Fsp3) is 0.353. The van der Waals surface area contributed by atoms with Gasteiger partial charge in [-0.05, 0) is 30.0 Å². The third kappa shape index (κ3) is 4.84. The Morgan fingerprint density at radius 3 is 2.67 bits per heavy atom. The van der Waals surface area contributed by atoms with Crippen LogP contribution in [0, 0.1) is 0 Å². The molecule has 0 saturated heterocycles. The molecule has 1 aromatic heterocycles. The lowest BCUT2D eigenvalue weighted by molar-refractivity contribution is -0.121. The normalized spacial score (nSPS) is 10.4. The molecule has 0 unspecified atom stereocenters. The van der Waals surface area contributed by atoms with Crippen molar-refractivity contribution in [2.45, 2.75) is 19.8 Å². The van der Waals surface area contributed by atoms with E-state index in [9.17, 15) is 14.4 Å². The molecule has 1 heterocycles. The van der Waals surface area contributed by atoms with Gasteiger partial charge in [0.25, 0.3) is 5.56 Å². The van der Waals surface area contributed by atoms with E-state index in [1.54, 1.807) is 13.2 Å². The highest BCUT2D eigenvalue weighted by Crippen LogP contribution is 2.18. The molecule has 0 aliphatic rings. The first-order chi connectivity index (χ1) is 11.5. The number of H-pyrrole nitrogens is 1. The number of fused-ring (bicyclic) bond motifs is 1. The second-order valence-electron chi connectivity index (χ2n) is 5.41. The summed E-state index contributed by atoms with van der Waals surface area (Å²) in [6, 6.07) is 7.29. The minimum atomic E-state index is -0.178. The van der Waals surface area contributed by atoms with E-state index in [1.165, 1.54) is 6.92 Å². The van der Waals surface area contributed by atoms with Crippen LogP contribution in [-0.2, 0) is 16.0 Å². The van der Waals surface area contributed by atoms with Crippen molar-refractivity contribution in [2.75, 3.05) is 20.2 Å². The van der Waals surface area contributed by atoms with E-state index in [4.69, 9.17) is 4.74 Å². The Balaban J connectivity index is 1.93. The first kappa shape index (κ1) is 17.5. The molecule has 0 fully saturated rings. The number of aromatic nitrogens is 1. The number of hydrogen-bond donors (Lipinski definition) is 3. The molecule has 0 aliphatic heterocycles. The molecule has 3 N–H and O–H groups in total. The molecule has 0 atom stereocenters. The third-order valence-electron chi connectivity index (χ3n) is 3.57. The fourth-order valence-electron chi connectivity index (χ4n) is 2.32. The zero-order valence-electron chi connectivity index (χ0n) is 13.8. The topological polar surface area (TPSA) is 100 Å². The zero-order valence-corrected chi connectivity index (χ0v) is 13.8. The van der Waals surface area contributed by atoms with Gasteiger partial charge >= 0.3 is 0 Å². The number of pyridine rings is 1. The number of rotatable bonds is 7. The molecule has 0 saturated carbocycles. The van der Waals surface area contributed by atoms with Crippen LogP contribution in [-0.4, -0.2) is 37.0 Å². The van der Waals surface area contributed by atoms with Crippen molar-refractivity contribution in [1.82, 2.24) is 15.6 Å². The first-order valence-corrected chi connectivity index (χ1v) is 7.70. The number of nitrogens with one attached hydrogen (secondary N) is 3. The van der Waals surface area contributed by atoms with E-state index < -0.39 is 0 Å². The molecule has 7 heteroatoms. The van der Waals surface area contributed by atoms with Crippen molar-refractivity contribution in [2.24, 2.45) is 0 Å². The van der Waals surface area contributed by atoms with Crippen molar-refractivity contribution in [1.29, 1.82) is 0 Å². The fourth-order valence-corrected chi connectivity index (χ4v) is 2.32. The molecular weight excluding hydrogens is 310 g/mol. The Labute approximate surface area is 139 Å². The number of methoxy groups -OCH3 is 1. The van der Waals surface area contributed by atoms with Crippen molar-refractivity contribution >= 4 is 22.7 Å². The zero-order chi connectivity index (χ0) is 17.5. The van der Waals surface area contributed by atoms with Crippen LogP contribution in [0.4, 0.5) is 0 Å². The van der Waals surface area contributed by atoms with Crippen LogP contribution < -0.4 is 20.9 Å². The van der Waals surface area contributed by atoms with Crippen LogP contribution in [0.2, 0.25) is 0 Å². The summed E-state index contributed by atoms with van der Waals surface area (Å²) in [5.41, 5.74) is 1.14. The van der Waals surface area contributed by atoms with Crippen LogP contribution in [0.5, 0.6) is 5.75 Å². The third-order valence-corrected chi connectivity index (χ3v) is 3.57. The molecular formula is C17H21N3O4.